The SMILES string of the molecule is N#Cc1ccc(CN2C(=O)N/C(=C\c3c(Cc4cccs4)[nH]n(-c4ccccc4)c3=O)C2=O)cc1. The zero-order valence-electron chi connectivity index (χ0n) is 18.4. The molecular formula is C26H19N5O3S. The summed E-state index contributed by atoms with van der Waals surface area (Å²) in [5, 5.41) is 16.7. The van der Waals surface area contributed by atoms with Gasteiger partial charge in [-0.05, 0) is 47.4 Å². The van der Waals surface area contributed by atoms with E-state index in [0.717, 1.165) is 9.78 Å². The molecule has 172 valence electrons. The number of aromatic amines is 1. The summed E-state index contributed by atoms with van der Waals surface area (Å²) in [4.78, 5) is 41.1. The molecule has 0 radical (unpaired) electrons. The maximum atomic E-state index is 13.4. The summed E-state index contributed by atoms with van der Waals surface area (Å²) in [6.07, 6.45) is 1.92. The number of benzene rings is 2. The zero-order chi connectivity index (χ0) is 24.4. The van der Waals surface area contributed by atoms with E-state index in [1.54, 1.807) is 35.6 Å². The normalized spacial score (nSPS) is 14.4. The van der Waals surface area contributed by atoms with Crippen LogP contribution in [-0.4, -0.2) is 26.6 Å². The van der Waals surface area contributed by atoms with Crippen molar-refractivity contribution in [3.05, 3.63) is 115 Å². The Morgan fingerprint density at radius 1 is 0.971 bits per heavy atom. The van der Waals surface area contributed by atoms with E-state index in [9.17, 15) is 14.4 Å². The van der Waals surface area contributed by atoms with Gasteiger partial charge in [-0.25, -0.2) is 9.48 Å². The summed E-state index contributed by atoms with van der Waals surface area (Å²) < 4.78 is 1.44. The van der Waals surface area contributed by atoms with Crippen molar-refractivity contribution in [2.24, 2.45) is 0 Å². The van der Waals surface area contributed by atoms with E-state index in [4.69, 9.17) is 5.26 Å². The summed E-state index contributed by atoms with van der Waals surface area (Å²) in [5.41, 5.74) is 2.54. The maximum Gasteiger partial charge on any atom is 0.329 e. The fraction of sp³-hybridized carbons (Fsp3) is 0.0769. The monoisotopic (exact) mass is 481 g/mol. The first-order valence-electron chi connectivity index (χ1n) is 10.8. The average Bonchev–Trinajstić information content (AvgIpc) is 3.57. The molecule has 0 spiro atoms. The molecule has 2 N–H and O–H groups in total. The number of carbonyl (C=O) groups excluding carboxylic acids is 2. The fourth-order valence-corrected chi connectivity index (χ4v) is 4.57. The van der Waals surface area contributed by atoms with Crippen molar-refractivity contribution in [3.8, 4) is 11.8 Å². The number of urea groups is 1. The largest absolute Gasteiger partial charge is 0.329 e. The van der Waals surface area contributed by atoms with Gasteiger partial charge in [-0.2, -0.15) is 5.26 Å². The molecule has 0 bridgehead atoms. The number of amides is 3. The van der Waals surface area contributed by atoms with Crippen molar-refractivity contribution < 1.29 is 9.59 Å². The molecule has 1 aliphatic rings. The molecule has 4 aromatic rings. The highest BCUT2D eigenvalue weighted by Crippen LogP contribution is 2.21. The lowest BCUT2D eigenvalue weighted by atomic mass is 10.1. The number of hydrogen-bond donors (Lipinski definition) is 2. The molecular weight excluding hydrogens is 462 g/mol. The summed E-state index contributed by atoms with van der Waals surface area (Å²) in [5.74, 6) is -0.520. The van der Waals surface area contributed by atoms with Gasteiger partial charge in [0.15, 0.2) is 0 Å². The van der Waals surface area contributed by atoms with Crippen LogP contribution >= 0.6 is 11.3 Å². The molecule has 0 aliphatic carbocycles. The average molecular weight is 482 g/mol. The maximum absolute atomic E-state index is 13.4. The first-order chi connectivity index (χ1) is 17.0. The molecule has 0 atom stereocenters. The van der Waals surface area contributed by atoms with Crippen molar-refractivity contribution in [2.45, 2.75) is 13.0 Å². The highest BCUT2D eigenvalue weighted by molar-refractivity contribution is 7.09. The van der Waals surface area contributed by atoms with E-state index in [0.29, 0.717) is 34.5 Å². The lowest BCUT2D eigenvalue weighted by Gasteiger charge is -2.11. The van der Waals surface area contributed by atoms with Crippen LogP contribution in [0.25, 0.3) is 11.8 Å². The predicted octanol–water partition coefficient (Wildman–Crippen LogP) is 3.78. The molecule has 2 aromatic heterocycles. The van der Waals surface area contributed by atoms with Crippen LogP contribution in [0.2, 0.25) is 0 Å². The van der Waals surface area contributed by atoms with Gasteiger partial charge in [0, 0.05) is 11.3 Å². The predicted molar refractivity (Wildman–Crippen MR) is 132 cm³/mol. The molecule has 1 aliphatic heterocycles. The van der Waals surface area contributed by atoms with Gasteiger partial charge in [-0.1, -0.05) is 36.4 Å². The molecule has 8 nitrogen and oxygen atoms in total. The highest BCUT2D eigenvalue weighted by Gasteiger charge is 2.34. The second-order valence-corrected chi connectivity index (χ2v) is 8.96. The van der Waals surface area contributed by atoms with Gasteiger partial charge in [0.05, 0.1) is 35.1 Å². The van der Waals surface area contributed by atoms with E-state index in [-0.39, 0.29) is 17.8 Å². The van der Waals surface area contributed by atoms with Crippen LogP contribution < -0.4 is 10.9 Å². The van der Waals surface area contributed by atoms with Crippen LogP contribution in [0.1, 0.15) is 27.3 Å². The van der Waals surface area contributed by atoms with Crippen LogP contribution in [-0.2, 0) is 17.8 Å². The summed E-state index contributed by atoms with van der Waals surface area (Å²) in [7, 11) is 0. The van der Waals surface area contributed by atoms with Crippen LogP contribution in [0.5, 0.6) is 0 Å². The van der Waals surface area contributed by atoms with Crippen LogP contribution in [0.15, 0.2) is 82.6 Å². The number of hydrogen-bond acceptors (Lipinski definition) is 5. The number of rotatable bonds is 6. The number of carbonyl (C=O) groups is 2. The second-order valence-electron chi connectivity index (χ2n) is 7.92. The van der Waals surface area contributed by atoms with E-state index in [2.05, 4.69) is 10.4 Å². The zero-order valence-corrected chi connectivity index (χ0v) is 19.2. The van der Waals surface area contributed by atoms with Crippen molar-refractivity contribution in [3.63, 3.8) is 0 Å². The molecule has 0 unspecified atom stereocenters. The molecule has 5 rings (SSSR count). The van der Waals surface area contributed by atoms with Gasteiger partial charge < -0.3 is 5.32 Å². The van der Waals surface area contributed by atoms with E-state index in [1.807, 2.05) is 53.9 Å². The number of para-hydroxylation sites is 1. The number of nitriles is 1. The number of aromatic nitrogens is 2. The number of H-pyrrole nitrogens is 1. The molecule has 3 amide bonds. The summed E-state index contributed by atoms with van der Waals surface area (Å²) in [6, 6.07) is 21.2. The fourth-order valence-electron chi connectivity index (χ4n) is 3.85. The third kappa shape index (κ3) is 4.43. The standard InChI is InChI=1S/C26H19N5O3S/c27-15-17-8-10-18(11-9-17)16-30-25(33)23(28-26(30)34)14-21-22(13-20-7-4-12-35-20)29-31(24(21)32)19-5-2-1-3-6-19/h1-12,14,29H,13,16H2,(H,28,34)/b23-14-. The minimum atomic E-state index is -0.565. The van der Waals surface area contributed by atoms with Crippen molar-refractivity contribution in [1.29, 1.82) is 5.26 Å². The Kier molecular flexibility index (Phi) is 5.87. The first-order valence-corrected chi connectivity index (χ1v) is 11.7. The lowest BCUT2D eigenvalue weighted by Crippen LogP contribution is -2.30. The Morgan fingerprint density at radius 2 is 1.74 bits per heavy atom. The quantitative estimate of drug-likeness (QED) is 0.322. The highest BCUT2D eigenvalue weighted by atomic mass is 32.1. The molecule has 9 heteroatoms. The van der Waals surface area contributed by atoms with Gasteiger partial charge in [0.1, 0.15) is 5.70 Å². The number of nitrogens with one attached hydrogen (secondary N) is 2. The van der Waals surface area contributed by atoms with Crippen molar-refractivity contribution in [2.75, 3.05) is 0 Å². The molecule has 35 heavy (non-hydrogen) atoms. The van der Waals surface area contributed by atoms with Crippen molar-refractivity contribution >= 4 is 29.4 Å². The van der Waals surface area contributed by atoms with Crippen LogP contribution in [0, 0.1) is 11.3 Å². The Morgan fingerprint density at radius 3 is 2.43 bits per heavy atom. The van der Waals surface area contributed by atoms with Gasteiger partial charge in [-0.15, -0.1) is 11.3 Å². The third-order valence-electron chi connectivity index (χ3n) is 5.63. The van der Waals surface area contributed by atoms with Gasteiger partial charge in [0.2, 0.25) is 0 Å². The van der Waals surface area contributed by atoms with Crippen molar-refractivity contribution in [1.82, 2.24) is 20.0 Å². The number of nitrogens with zero attached hydrogens (tertiary/aromatic N) is 3. The smallest absolute Gasteiger partial charge is 0.303 e. The molecule has 0 saturated carbocycles. The lowest BCUT2D eigenvalue weighted by molar-refractivity contribution is -0.123. The van der Waals surface area contributed by atoms with Crippen LogP contribution in [0.4, 0.5) is 4.79 Å². The van der Waals surface area contributed by atoms with E-state index in [1.165, 1.54) is 10.8 Å². The summed E-state index contributed by atoms with van der Waals surface area (Å²) in [6.45, 7) is 0.0527. The molecule has 1 saturated heterocycles. The molecule has 1 fully saturated rings. The first kappa shape index (κ1) is 22.1. The van der Waals surface area contributed by atoms with Gasteiger partial charge >= 0.3 is 6.03 Å². The molecule has 3 heterocycles. The third-order valence-corrected chi connectivity index (χ3v) is 6.50. The Bertz CT molecular complexity index is 1520. The minimum absolute atomic E-state index is 0.0346. The second kappa shape index (κ2) is 9.29. The number of thiophene rings is 1. The Labute approximate surface area is 204 Å². The minimum Gasteiger partial charge on any atom is -0.303 e. The van der Waals surface area contributed by atoms with E-state index < -0.39 is 11.9 Å². The topological polar surface area (TPSA) is 111 Å². The van der Waals surface area contributed by atoms with Gasteiger partial charge in [-0.3, -0.25) is 19.6 Å². The Hall–Kier alpha value is -4.68. The van der Waals surface area contributed by atoms with Crippen LogP contribution in [0.3, 0.4) is 0 Å². The Balaban J connectivity index is 1.49. The van der Waals surface area contributed by atoms with Gasteiger partial charge in [0.25, 0.3) is 11.5 Å². The number of imide groups is 1. The summed E-state index contributed by atoms with van der Waals surface area (Å²) >= 11 is 1.57. The molecule has 2 aromatic carbocycles. The van der Waals surface area contributed by atoms with E-state index >= 15 is 0 Å².